The van der Waals surface area contributed by atoms with Crippen LogP contribution in [0.25, 0.3) is 31.3 Å². The summed E-state index contributed by atoms with van der Waals surface area (Å²) in [5.74, 6) is -1.02. The second-order valence-corrected chi connectivity index (χ2v) is 6.55. The minimum atomic E-state index is -1.02. The van der Waals surface area contributed by atoms with Crippen molar-refractivity contribution in [1.82, 2.24) is 0 Å². The van der Waals surface area contributed by atoms with Gasteiger partial charge in [-0.15, -0.1) is 11.3 Å². The molecule has 1 N–H and O–H groups in total. The third kappa shape index (κ3) is 2.28. The molecule has 0 fully saturated rings. The number of benzene rings is 3. The molecule has 0 aliphatic rings. The highest BCUT2D eigenvalue weighted by atomic mass is 32.1. The summed E-state index contributed by atoms with van der Waals surface area (Å²) >= 11 is 1.35. The lowest BCUT2D eigenvalue weighted by molar-refractivity contribution is 0.0699. The zero-order valence-corrected chi connectivity index (χ0v) is 13.3. The van der Waals surface area contributed by atoms with E-state index in [4.69, 9.17) is 0 Å². The lowest BCUT2D eigenvalue weighted by atomic mass is 10.0. The number of fused-ring (bicyclic) bond motifs is 2. The van der Waals surface area contributed by atoms with E-state index in [0.29, 0.717) is 15.5 Å². The van der Waals surface area contributed by atoms with Crippen LogP contribution in [0.4, 0.5) is 0 Å². The Labute approximate surface area is 141 Å². The lowest BCUT2D eigenvalue weighted by Crippen LogP contribution is -2.04. The zero-order valence-electron chi connectivity index (χ0n) is 12.5. The lowest BCUT2D eigenvalue weighted by Gasteiger charge is -2.06. The standard InChI is InChI=1S/C20H12O3S/c21-18-14-10-9-13(12-5-2-1-3-6-12)11-17(14)24-19-15(18)7-4-8-16(19)20(22)23/h1-11H,(H,22,23). The first-order valence-electron chi connectivity index (χ1n) is 7.43. The van der Waals surface area contributed by atoms with Gasteiger partial charge in [0.25, 0.3) is 0 Å². The van der Waals surface area contributed by atoms with Gasteiger partial charge >= 0.3 is 5.97 Å². The molecule has 4 heteroatoms. The van der Waals surface area contributed by atoms with Crippen LogP contribution in [0.1, 0.15) is 10.4 Å². The molecule has 0 radical (unpaired) electrons. The molecule has 0 aliphatic carbocycles. The van der Waals surface area contributed by atoms with Gasteiger partial charge < -0.3 is 5.11 Å². The van der Waals surface area contributed by atoms with Crippen LogP contribution in [0.15, 0.2) is 71.5 Å². The van der Waals surface area contributed by atoms with Crippen molar-refractivity contribution in [3.8, 4) is 11.1 Å². The Morgan fingerprint density at radius 1 is 0.833 bits per heavy atom. The van der Waals surface area contributed by atoms with Gasteiger partial charge in [-0.05, 0) is 35.4 Å². The van der Waals surface area contributed by atoms with Gasteiger partial charge in [-0.2, -0.15) is 0 Å². The number of carboxylic acids is 1. The predicted octanol–water partition coefficient (Wildman–Crippen LogP) is 4.78. The number of rotatable bonds is 2. The molecule has 0 saturated carbocycles. The van der Waals surface area contributed by atoms with Crippen molar-refractivity contribution in [1.29, 1.82) is 0 Å². The number of hydrogen-bond donors (Lipinski definition) is 1. The highest BCUT2D eigenvalue weighted by Crippen LogP contribution is 2.30. The van der Waals surface area contributed by atoms with Crippen LogP contribution in [0, 0.1) is 0 Å². The van der Waals surface area contributed by atoms with Gasteiger partial charge in [0.1, 0.15) is 0 Å². The molecule has 3 nitrogen and oxygen atoms in total. The molecule has 0 aliphatic heterocycles. The van der Waals surface area contributed by atoms with Crippen molar-refractivity contribution < 1.29 is 9.90 Å². The minimum absolute atomic E-state index is 0.124. The van der Waals surface area contributed by atoms with Gasteiger partial charge in [0.2, 0.25) is 0 Å². The molecule has 4 rings (SSSR count). The molecule has 0 atom stereocenters. The van der Waals surface area contributed by atoms with Crippen molar-refractivity contribution in [2.75, 3.05) is 0 Å². The maximum absolute atomic E-state index is 12.7. The Morgan fingerprint density at radius 3 is 2.38 bits per heavy atom. The Kier molecular flexibility index (Phi) is 3.40. The Hall–Kier alpha value is -2.98. The molecule has 116 valence electrons. The highest BCUT2D eigenvalue weighted by Gasteiger charge is 2.13. The monoisotopic (exact) mass is 332 g/mol. The van der Waals surface area contributed by atoms with E-state index in [1.807, 2.05) is 48.5 Å². The van der Waals surface area contributed by atoms with E-state index >= 15 is 0 Å². The zero-order chi connectivity index (χ0) is 16.7. The molecular formula is C20H12O3S. The second kappa shape index (κ2) is 5.58. The van der Waals surface area contributed by atoms with E-state index in [1.165, 1.54) is 17.4 Å². The van der Waals surface area contributed by atoms with Crippen molar-refractivity contribution in [3.05, 3.63) is 82.5 Å². The van der Waals surface area contributed by atoms with E-state index in [1.54, 1.807) is 12.1 Å². The topological polar surface area (TPSA) is 54.4 Å². The first kappa shape index (κ1) is 14.6. The van der Waals surface area contributed by atoms with Gasteiger partial charge in [0, 0.05) is 15.5 Å². The summed E-state index contributed by atoms with van der Waals surface area (Å²) in [5, 5.41) is 10.5. The summed E-state index contributed by atoms with van der Waals surface area (Å²) in [7, 11) is 0. The van der Waals surface area contributed by atoms with Gasteiger partial charge in [0.15, 0.2) is 5.43 Å². The highest BCUT2D eigenvalue weighted by molar-refractivity contribution is 7.24. The third-order valence-electron chi connectivity index (χ3n) is 4.04. The van der Waals surface area contributed by atoms with E-state index in [2.05, 4.69) is 0 Å². The Balaban J connectivity index is 2.07. The molecule has 3 aromatic carbocycles. The number of carbonyl (C=O) groups is 1. The minimum Gasteiger partial charge on any atom is -0.478 e. The molecule has 0 bridgehead atoms. The molecular weight excluding hydrogens is 320 g/mol. The van der Waals surface area contributed by atoms with Gasteiger partial charge in [0.05, 0.1) is 10.3 Å². The fraction of sp³-hybridized carbons (Fsp3) is 0. The van der Waals surface area contributed by atoms with E-state index < -0.39 is 5.97 Å². The number of aromatic carboxylic acids is 1. The fourth-order valence-electron chi connectivity index (χ4n) is 2.85. The van der Waals surface area contributed by atoms with Crippen molar-refractivity contribution in [2.45, 2.75) is 0 Å². The fourth-order valence-corrected chi connectivity index (χ4v) is 4.07. The number of carboxylic acid groups (broad SMARTS) is 1. The average molecular weight is 332 g/mol. The quantitative estimate of drug-likeness (QED) is 0.537. The third-order valence-corrected chi connectivity index (χ3v) is 5.24. The smallest absolute Gasteiger partial charge is 0.337 e. The van der Waals surface area contributed by atoms with Crippen molar-refractivity contribution >= 4 is 37.5 Å². The van der Waals surface area contributed by atoms with Crippen LogP contribution in [0.2, 0.25) is 0 Å². The van der Waals surface area contributed by atoms with Crippen molar-refractivity contribution in [2.24, 2.45) is 0 Å². The van der Waals surface area contributed by atoms with Crippen LogP contribution < -0.4 is 5.43 Å². The number of hydrogen-bond acceptors (Lipinski definition) is 3. The molecule has 24 heavy (non-hydrogen) atoms. The summed E-state index contributed by atoms with van der Waals surface area (Å²) in [6, 6.07) is 20.4. The Bertz CT molecular complexity index is 1140. The molecule has 4 aromatic rings. The molecule has 1 aromatic heterocycles. The first-order valence-corrected chi connectivity index (χ1v) is 8.25. The summed E-state index contributed by atoms with van der Waals surface area (Å²) in [5.41, 5.74) is 2.11. The van der Waals surface area contributed by atoms with Crippen molar-refractivity contribution in [3.63, 3.8) is 0 Å². The SMILES string of the molecule is O=C(O)c1cccc2c(=O)c3ccc(-c4ccccc4)cc3sc12. The van der Waals surface area contributed by atoms with E-state index in [9.17, 15) is 14.7 Å². The van der Waals surface area contributed by atoms with E-state index in [-0.39, 0.29) is 11.0 Å². The molecule has 0 spiro atoms. The molecule has 0 saturated heterocycles. The normalized spacial score (nSPS) is 11.0. The van der Waals surface area contributed by atoms with Crippen LogP contribution in [-0.2, 0) is 0 Å². The maximum Gasteiger partial charge on any atom is 0.337 e. The first-order chi connectivity index (χ1) is 11.6. The largest absolute Gasteiger partial charge is 0.478 e. The average Bonchev–Trinajstić information content (AvgIpc) is 2.61. The van der Waals surface area contributed by atoms with Gasteiger partial charge in [-0.1, -0.05) is 42.5 Å². The molecule has 0 unspecified atom stereocenters. The second-order valence-electron chi connectivity index (χ2n) is 5.50. The van der Waals surface area contributed by atoms with Crippen LogP contribution >= 0.6 is 11.3 Å². The Morgan fingerprint density at radius 2 is 1.62 bits per heavy atom. The van der Waals surface area contributed by atoms with Crippen LogP contribution in [0.5, 0.6) is 0 Å². The molecule has 0 amide bonds. The summed E-state index contributed by atoms with van der Waals surface area (Å²) in [6.07, 6.45) is 0. The van der Waals surface area contributed by atoms with Gasteiger partial charge in [-0.3, -0.25) is 4.79 Å². The van der Waals surface area contributed by atoms with Gasteiger partial charge in [-0.25, -0.2) is 4.79 Å². The van der Waals surface area contributed by atoms with Crippen LogP contribution in [0.3, 0.4) is 0 Å². The summed E-state index contributed by atoms with van der Waals surface area (Å²) in [4.78, 5) is 24.2. The summed E-state index contributed by atoms with van der Waals surface area (Å²) < 4.78 is 1.32. The van der Waals surface area contributed by atoms with E-state index in [0.717, 1.165) is 15.8 Å². The predicted molar refractivity (Wildman–Crippen MR) is 98.0 cm³/mol. The summed E-state index contributed by atoms with van der Waals surface area (Å²) in [6.45, 7) is 0. The maximum atomic E-state index is 12.7. The van der Waals surface area contributed by atoms with Crippen LogP contribution in [-0.4, -0.2) is 11.1 Å². The molecule has 1 heterocycles.